The maximum atomic E-state index is 11.9. The molecule has 0 aliphatic carbocycles. The van der Waals surface area contributed by atoms with Crippen LogP contribution in [-0.2, 0) is 13.8 Å². The van der Waals surface area contributed by atoms with Gasteiger partial charge in [-0.3, -0.25) is 9.61 Å². The maximum Gasteiger partial charge on any atom is 0.430 e. The first-order chi connectivity index (χ1) is 8.96. The first-order valence-electron chi connectivity index (χ1n) is 6.42. The minimum absolute atomic E-state index is 0.118. The Hall–Kier alpha value is -0.805. The second kappa shape index (κ2) is 6.10. The van der Waals surface area contributed by atoms with Crippen LogP contribution in [0, 0.1) is 5.92 Å². The Kier molecular flexibility index (Phi) is 4.69. The molecular weight excluding hydrogens is 264 g/mol. The lowest BCUT2D eigenvalue weighted by Crippen LogP contribution is -2.21. The van der Waals surface area contributed by atoms with E-state index >= 15 is 0 Å². The molecule has 2 rings (SSSR count). The van der Waals surface area contributed by atoms with Crippen molar-refractivity contribution >= 4 is 21.3 Å². The molecule has 104 valence electrons. The molecule has 0 bridgehead atoms. The lowest BCUT2D eigenvalue weighted by molar-refractivity contribution is 0.0343. The lowest BCUT2D eigenvalue weighted by atomic mass is 9.92. The number of nitrogens with one attached hydrogen (secondary N) is 1. The molecule has 1 aliphatic rings. The predicted molar refractivity (Wildman–Crippen MR) is 76.8 cm³/mol. The van der Waals surface area contributed by atoms with Crippen molar-refractivity contribution in [3.8, 4) is 0 Å². The van der Waals surface area contributed by atoms with Crippen molar-refractivity contribution in [3.63, 3.8) is 0 Å². The molecule has 7 heteroatoms. The van der Waals surface area contributed by atoms with Crippen molar-refractivity contribution in [3.05, 3.63) is 30.3 Å². The van der Waals surface area contributed by atoms with Crippen LogP contribution >= 0.6 is 7.75 Å². The van der Waals surface area contributed by atoms with Gasteiger partial charge in [0, 0.05) is 11.7 Å². The number of ether oxygens (including phenoxy) is 1. The number of hydrogen-bond donors (Lipinski definition) is 2. The van der Waals surface area contributed by atoms with Crippen LogP contribution in [0.5, 0.6) is 0 Å². The molecule has 0 saturated carbocycles. The zero-order chi connectivity index (χ0) is 13.9. The van der Waals surface area contributed by atoms with Crippen LogP contribution in [-0.4, -0.2) is 31.5 Å². The molecule has 1 heterocycles. The third-order valence-corrected chi connectivity index (χ3v) is 4.24. The molecule has 0 spiro atoms. The van der Waals surface area contributed by atoms with Gasteiger partial charge in [-0.1, -0.05) is 25.1 Å². The zero-order valence-electron chi connectivity index (χ0n) is 11.2. The fourth-order valence-electron chi connectivity index (χ4n) is 2.25. The fourth-order valence-corrected chi connectivity index (χ4v) is 3.14. The van der Waals surface area contributed by atoms with E-state index < -0.39 is 7.75 Å². The predicted octanol–water partition coefficient (Wildman–Crippen LogP) is 1.60. The van der Waals surface area contributed by atoms with Gasteiger partial charge in [0.25, 0.3) is 0 Å². The van der Waals surface area contributed by atoms with Crippen LogP contribution in [0.2, 0.25) is 0 Å². The van der Waals surface area contributed by atoms with Crippen molar-refractivity contribution in [2.75, 3.05) is 11.7 Å². The van der Waals surface area contributed by atoms with Gasteiger partial charge in [-0.25, -0.2) is 4.57 Å². The molecule has 1 aromatic carbocycles. The summed E-state index contributed by atoms with van der Waals surface area (Å²) in [7, 11) is -1.85. The first-order valence-corrected chi connectivity index (χ1v) is 8.00. The van der Waals surface area contributed by atoms with E-state index in [4.69, 9.17) is 9.26 Å². The van der Waals surface area contributed by atoms with Gasteiger partial charge in [-0.2, -0.15) is 0 Å². The Morgan fingerprint density at radius 1 is 1.53 bits per heavy atom. The molecule has 4 atom stereocenters. The minimum Gasteiger partial charge on any atom is -0.381 e. The number of benzene rings is 1. The van der Waals surface area contributed by atoms with E-state index in [0.717, 1.165) is 6.42 Å². The molecule has 1 aliphatic heterocycles. The second-order valence-corrected chi connectivity index (χ2v) is 6.51. The Balaban J connectivity index is 1.86. The highest BCUT2D eigenvalue weighted by atomic mass is 31.2. The average Bonchev–Trinajstić information content (AvgIpc) is 2.66. The highest BCUT2D eigenvalue weighted by Crippen LogP contribution is 2.42. The van der Waals surface area contributed by atoms with Crippen LogP contribution in [0.3, 0.4) is 0 Å². The van der Waals surface area contributed by atoms with Gasteiger partial charge in [0.1, 0.15) is 7.85 Å². The van der Waals surface area contributed by atoms with Gasteiger partial charge < -0.3 is 9.63 Å². The van der Waals surface area contributed by atoms with Crippen LogP contribution in [0.25, 0.3) is 0 Å². The quantitative estimate of drug-likeness (QED) is 0.634. The number of para-hydroxylation sites is 1. The van der Waals surface area contributed by atoms with E-state index in [1.54, 1.807) is 24.3 Å². The molecule has 0 aromatic heterocycles. The van der Waals surface area contributed by atoms with E-state index in [0.29, 0.717) is 11.6 Å². The van der Waals surface area contributed by atoms with Crippen molar-refractivity contribution in [2.24, 2.45) is 5.92 Å². The smallest absolute Gasteiger partial charge is 0.381 e. The van der Waals surface area contributed by atoms with Gasteiger partial charge in [-0.05, 0) is 24.5 Å². The van der Waals surface area contributed by atoms with E-state index in [9.17, 15) is 9.46 Å². The molecular formula is C12H19BNO4P. The van der Waals surface area contributed by atoms with Gasteiger partial charge in [0.05, 0.1) is 12.7 Å². The van der Waals surface area contributed by atoms with E-state index in [1.165, 1.54) is 0 Å². The molecule has 0 radical (unpaired) electrons. The third-order valence-electron chi connectivity index (χ3n) is 3.20. The highest BCUT2D eigenvalue weighted by molar-refractivity contribution is 7.54. The van der Waals surface area contributed by atoms with Crippen LogP contribution < -0.4 is 5.09 Å². The summed E-state index contributed by atoms with van der Waals surface area (Å²) in [5.41, 5.74) is 0.557. The van der Waals surface area contributed by atoms with Gasteiger partial charge in [0.2, 0.25) is 0 Å². The van der Waals surface area contributed by atoms with Crippen LogP contribution in [0.15, 0.2) is 30.3 Å². The number of rotatable bonds is 5. The summed E-state index contributed by atoms with van der Waals surface area (Å²) < 4.78 is 22.6. The molecule has 19 heavy (non-hydrogen) atoms. The van der Waals surface area contributed by atoms with E-state index in [1.807, 2.05) is 13.9 Å². The normalized spacial score (nSPS) is 29.9. The SMILES string of the molecule is B[C@H]1CC(C)[C@@H](COP(=O)(O)Nc2ccccc2)O1. The standard InChI is InChI=1S/C12H19BNO4P/c1-9-7-12(13)18-11(9)8-17-19(15,16)14-10-5-3-2-4-6-10/h2-6,9,11-12H,7-8,13H2,1H3,(H2,14,15,16)/t9?,11-,12-/m1/s1. The highest BCUT2D eigenvalue weighted by Gasteiger charge is 2.32. The number of anilines is 1. The first kappa shape index (κ1) is 14.6. The second-order valence-electron chi connectivity index (χ2n) is 4.99. The van der Waals surface area contributed by atoms with Gasteiger partial charge in [-0.15, -0.1) is 0 Å². The summed E-state index contributed by atoms with van der Waals surface area (Å²) in [5, 5.41) is 2.50. The van der Waals surface area contributed by atoms with E-state index in [2.05, 4.69) is 12.0 Å². The zero-order valence-corrected chi connectivity index (χ0v) is 12.0. The molecule has 1 fully saturated rings. The average molecular weight is 283 g/mol. The fraction of sp³-hybridized carbons (Fsp3) is 0.500. The molecule has 0 amide bonds. The minimum atomic E-state index is -3.84. The van der Waals surface area contributed by atoms with Gasteiger partial charge in [0.15, 0.2) is 0 Å². The van der Waals surface area contributed by atoms with Crippen LogP contribution in [0.4, 0.5) is 5.69 Å². The molecule has 2 unspecified atom stereocenters. The largest absolute Gasteiger partial charge is 0.430 e. The summed E-state index contributed by atoms with van der Waals surface area (Å²) in [5.74, 6) is 0.340. The molecule has 5 nitrogen and oxygen atoms in total. The lowest BCUT2D eigenvalue weighted by Gasteiger charge is -2.19. The maximum absolute atomic E-state index is 11.9. The third kappa shape index (κ3) is 4.35. The molecule has 1 saturated heterocycles. The Morgan fingerprint density at radius 3 is 2.79 bits per heavy atom. The van der Waals surface area contributed by atoms with Crippen LogP contribution in [0.1, 0.15) is 13.3 Å². The molecule has 2 N–H and O–H groups in total. The Bertz CT molecular complexity index is 458. The van der Waals surface area contributed by atoms with E-state index in [-0.39, 0.29) is 18.7 Å². The summed E-state index contributed by atoms with van der Waals surface area (Å²) in [6, 6.07) is 9.01. The summed E-state index contributed by atoms with van der Waals surface area (Å²) >= 11 is 0. The Morgan fingerprint density at radius 2 is 2.21 bits per heavy atom. The van der Waals surface area contributed by atoms with Crippen molar-refractivity contribution in [1.82, 2.24) is 0 Å². The summed E-state index contributed by atoms with van der Waals surface area (Å²) in [4.78, 5) is 9.75. The number of hydrogen-bond acceptors (Lipinski definition) is 3. The topological polar surface area (TPSA) is 67.8 Å². The monoisotopic (exact) mass is 283 g/mol. The van der Waals surface area contributed by atoms with Crippen molar-refractivity contribution < 1.29 is 18.7 Å². The molecule has 1 aromatic rings. The van der Waals surface area contributed by atoms with Crippen molar-refractivity contribution in [1.29, 1.82) is 0 Å². The Labute approximate surface area is 114 Å². The summed E-state index contributed by atoms with van der Waals surface area (Å²) in [6.45, 7) is 2.18. The van der Waals surface area contributed by atoms with Crippen molar-refractivity contribution in [2.45, 2.75) is 25.5 Å². The summed E-state index contributed by atoms with van der Waals surface area (Å²) in [6.07, 6.45) is 0.837. The van der Waals surface area contributed by atoms with Gasteiger partial charge >= 0.3 is 7.75 Å².